The van der Waals surface area contributed by atoms with Gasteiger partial charge in [-0.05, 0) is 69.9 Å². The quantitative estimate of drug-likeness (QED) is 0.426. The lowest BCUT2D eigenvalue weighted by molar-refractivity contribution is 0.0992. The van der Waals surface area contributed by atoms with E-state index in [0.29, 0.717) is 21.6 Å². The molecule has 7 nitrogen and oxygen atoms in total. The zero-order valence-electron chi connectivity index (χ0n) is 14.8. The van der Waals surface area contributed by atoms with Crippen LogP contribution in [0.2, 0.25) is 0 Å². The Labute approximate surface area is 178 Å². The summed E-state index contributed by atoms with van der Waals surface area (Å²) in [4.78, 5) is 24.8. The molecule has 0 spiro atoms. The Morgan fingerprint density at radius 3 is 2.41 bits per heavy atom. The van der Waals surface area contributed by atoms with Gasteiger partial charge in [0.15, 0.2) is 10.4 Å². The van der Waals surface area contributed by atoms with Crippen molar-refractivity contribution in [2.24, 2.45) is 0 Å². The van der Waals surface area contributed by atoms with E-state index in [1.165, 1.54) is 11.5 Å². The monoisotopic (exact) mass is 468 g/mol. The number of benzene rings is 2. The number of hydrogen-bond acceptors (Lipinski definition) is 6. The standard InChI is InChI=1S/C20H13BrN4O3S/c21-18-9-8-17(28-18)20(27)23-15-3-1-2-13(10-15)19(26)22-14-6-4-12(5-7-14)16-11-29-25-24-16/h1-11H,(H,22,26)(H,23,27). The van der Waals surface area contributed by atoms with E-state index in [9.17, 15) is 9.59 Å². The molecule has 0 aliphatic carbocycles. The maximum atomic E-state index is 12.6. The summed E-state index contributed by atoms with van der Waals surface area (Å²) in [5.41, 5.74) is 3.26. The molecule has 0 saturated carbocycles. The van der Waals surface area contributed by atoms with Gasteiger partial charge in [-0.1, -0.05) is 22.7 Å². The van der Waals surface area contributed by atoms with Crippen molar-refractivity contribution in [1.82, 2.24) is 9.59 Å². The summed E-state index contributed by atoms with van der Waals surface area (Å²) in [6.45, 7) is 0. The molecule has 29 heavy (non-hydrogen) atoms. The molecule has 0 atom stereocenters. The van der Waals surface area contributed by atoms with Crippen LogP contribution in [0.1, 0.15) is 20.9 Å². The van der Waals surface area contributed by atoms with Crippen LogP contribution in [-0.4, -0.2) is 21.4 Å². The van der Waals surface area contributed by atoms with Crippen LogP contribution in [0.15, 0.2) is 75.1 Å². The summed E-state index contributed by atoms with van der Waals surface area (Å²) in [6.07, 6.45) is 0. The SMILES string of the molecule is O=C(Nc1ccc(-c2csnn2)cc1)c1cccc(NC(=O)c2ccc(Br)o2)c1. The van der Waals surface area contributed by atoms with Crippen molar-refractivity contribution in [3.8, 4) is 11.3 Å². The van der Waals surface area contributed by atoms with Crippen molar-refractivity contribution in [3.63, 3.8) is 0 Å². The molecule has 0 aliphatic heterocycles. The highest BCUT2D eigenvalue weighted by Crippen LogP contribution is 2.21. The predicted octanol–water partition coefficient (Wildman–Crippen LogP) is 5.07. The average Bonchev–Trinajstić information content (AvgIpc) is 3.41. The van der Waals surface area contributed by atoms with Crippen molar-refractivity contribution < 1.29 is 14.0 Å². The topological polar surface area (TPSA) is 97.1 Å². The minimum Gasteiger partial charge on any atom is -0.444 e. The van der Waals surface area contributed by atoms with E-state index in [-0.39, 0.29) is 11.7 Å². The molecular weight excluding hydrogens is 456 g/mol. The van der Waals surface area contributed by atoms with Gasteiger partial charge in [0.05, 0.1) is 0 Å². The number of amides is 2. The minimum atomic E-state index is -0.402. The third kappa shape index (κ3) is 4.58. The Bertz CT molecular complexity index is 1160. The highest BCUT2D eigenvalue weighted by Gasteiger charge is 2.12. The number of carbonyl (C=O) groups is 2. The van der Waals surface area contributed by atoms with Gasteiger partial charge >= 0.3 is 0 Å². The van der Waals surface area contributed by atoms with Crippen molar-refractivity contribution in [1.29, 1.82) is 0 Å². The molecule has 2 heterocycles. The molecule has 144 valence electrons. The van der Waals surface area contributed by atoms with Crippen LogP contribution in [0.4, 0.5) is 11.4 Å². The molecule has 2 N–H and O–H groups in total. The molecule has 4 rings (SSSR count). The Morgan fingerprint density at radius 1 is 0.931 bits per heavy atom. The number of halogens is 1. The first-order valence-electron chi connectivity index (χ1n) is 8.44. The summed E-state index contributed by atoms with van der Waals surface area (Å²) < 4.78 is 9.54. The van der Waals surface area contributed by atoms with E-state index in [4.69, 9.17) is 4.42 Å². The van der Waals surface area contributed by atoms with E-state index in [2.05, 4.69) is 36.2 Å². The van der Waals surface area contributed by atoms with Gasteiger partial charge < -0.3 is 15.1 Å². The number of carbonyl (C=O) groups excluding carboxylic acids is 2. The highest BCUT2D eigenvalue weighted by molar-refractivity contribution is 9.10. The first-order valence-corrected chi connectivity index (χ1v) is 10.1. The maximum absolute atomic E-state index is 12.6. The summed E-state index contributed by atoms with van der Waals surface area (Å²) in [5.74, 6) is -0.521. The van der Waals surface area contributed by atoms with Gasteiger partial charge in [-0.3, -0.25) is 9.59 Å². The van der Waals surface area contributed by atoms with Crippen molar-refractivity contribution in [2.45, 2.75) is 0 Å². The molecule has 0 fully saturated rings. The van der Waals surface area contributed by atoms with E-state index < -0.39 is 5.91 Å². The zero-order valence-corrected chi connectivity index (χ0v) is 17.2. The van der Waals surface area contributed by atoms with Crippen LogP contribution in [0.3, 0.4) is 0 Å². The van der Waals surface area contributed by atoms with Gasteiger partial charge in [-0.25, -0.2) is 0 Å². The molecule has 0 unspecified atom stereocenters. The van der Waals surface area contributed by atoms with Gasteiger partial charge in [0.1, 0.15) is 5.69 Å². The van der Waals surface area contributed by atoms with Gasteiger partial charge in [-0.15, -0.1) is 5.10 Å². The van der Waals surface area contributed by atoms with Crippen LogP contribution in [-0.2, 0) is 0 Å². The second kappa shape index (κ2) is 8.38. The molecule has 0 aliphatic rings. The lowest BCUT2D eigenvalue weighted by Gasteiger charge is -2.08. The van der Waals surface area contributed by atoms with Crippen LogP contribution in [0.25, 0.3) is 11.3 Å². The number of anilines is 2. The van der Waals surface area contributed by atoms with Gasteiger partial charge in [-0.2, -0.15) is 0 Å². The summed E-state index contributed by atoms with van der Waals surface area (Å²) >= 11 is 4.44. The zero-order chi connectivity index (χ0) is 20.2. The third-order valence-electron chi connectivity index (χ3n) is 3.98. The van der Waals surface area contributed by atoms with Gasteiger partial charge in [0.2, 0.25) is 0 Å². The second-order valence-electron chi connectivity index (χ2n) is 5.96. The Kier molecular flexibility index (Phi) is 5.50. The number of furan rings is 1. The number of nitrogens with zero attached hydrogens (tertiary/aromatic N) is 2. The molecule has 9 heteroatoms. The fourth-order valence-corrected chi connectivity index (χ4v) is 3.36. The molecule has 4 aromatic rings. The highest BCUT2D eigenvalue weighted by atomic mass is 79.9. The molecule has 2 aromatic heterocycles. The Morgan fingerprint density at radius 2 is 1.72 bits per heavy atom. The van der Waals surface area contributed by atoms with E-state index >= 15 is 0 Å². The lowest BCUT2D eigenvalue weighted by atomic mass is 10.1. The molecule has 2 aromatic carbocycles. The first-order chi connectivity index (χ1) is 14.1. The van der Waals surface area contributed by atoms with E-state index in [1.807, 2.05) is 17.5 Å². The third-order valence-corrected chi connectivity index (χ3v) is 4.91. The summed E-state index contributed by atoms with van der Waals surface area (Å²) in [5, 5.41) is 11.4. The van der Waals surface area contributed by atoms with Crippen LogP contribution >= 0.6 is 27.5 Å². The molecular formula is C20H13BrN4O3S. The van der Waals surface area contributed by atoms with Gasteiger partial charge in [0.25, 0.3) is 11.8 Å². The molecule has 2 amide bonds. The maximum Gasteiger partial charge on any atom is 0.291 e. The molecule has 0 saturated heterocycles. The van der Waals surface area contributed by atoms with E-state index in [0.717, 1.165) is 11.3 Å². The average molecular weight is 469 g/mol. The van der Waals surface area contributed by atoms with E-state index in [1.54, 1.807) is 48.5 Å². The normalized spacial score (nSPS) is 10.5. The largest absolute Gasteiger partial charge is 0.444 e. The lowest BCUT2D eigenvalue weighted by Crippen LogP contribution is -2.14. The second-order valence-corrected chi connectivity index (χ2v) is 7.35. The van der Waals surface area contributed by atoms with Crippen molar-refractivity contribution >= 4 is 50.7 Å². The minimum absolute atomic E-state index is 0.169. The number of hydrogen-bond donors (Lipinski definition) is 2. The first kappa shape index (κ1) is 19.0. The predicted molar refractivity (Wildman–Crippen MR) is 114 cm³/mol. The fraction of sp³-hybridized carbons (Fsp3) is 0. The number of rotatable bonds is 5. The van der Waals surface area contributed by atoms with Gasteiger partial charge in [0, 0.05) is 27.9 Å². The Hall–Kier alpha value is -3.30. The molecule has 0 bridgehead atoms. The van der Waals surface area contributed by atoms with Crippen LogP contribution in [0, 0.1) is 0 Å². The number of nitrogens with one attached hydrogen (secondary N) is 2. The fourth-order valence-electron chi connectivity index (χ4n) is 2.59. The molecule has 0 radical (unpaired) electrons. The van der Waals surface area contributed by atoms with Crippen molar-refractivity contribution in [3.05, 3.63) is 82.0 Å². The van der Waals surface area contributed by atoms with Crippen molar-refractivity contribution in [2.75, 3.05) is 10.6 Å². The smallest absolute Gasteiger partial charge is 0.291 e. The number of aromatic nitrogens is 2. The summed E-state index contributed by atoms with van der Waals surface area (Å²) in [6, 6.07) is 17.2. The Balaban J connectivity index is 1.43. The van der Waals surface area contributed by atoms with Crippen LogP contribution < -0.4 is 10.6 Å². The van der Waals surface area contributed by atoms with Crippen LogP contribution in [0.5, 0.6) is 0 Å². The summed E-state index contributed by atoms with van der Waals surface area (Å²) in [7, 11) is 0.